The number of carbonyl (C=O) groups excluding carboxylic acids is 1. The number of pyridine rings is 1. The van der Waals surface area contributed by atoms with Crippen LogP contribution in [0.5, 0.6) is 5.88 Å². The van der Waals surface area contributed by atoms with Crippen LogP contribution >= 0.6 is 0 Å². The van der Waals surface area contributed by atoms with Gasteiger partial charge in [0.25, 0.3) is 0 Å². The van der Waals surface area contributed by atoms with Gasteiger partial charge in [0.05, 0.1) is 18.8 Å². The van der Waals surface area contributed by atoms with E-state index in [-0.39, 0.29) is 12.1 Å². The third-order valence-corrected chi connectivity index (χ3v) is 6.20. The van der Waals surface area contributed by atoms with Crippen LogP contribution in [0.1, 0.15) is 11.3 Å². The van der Waals surface area contributed by atoms with Crippen LogP contribution in [-0.2, 0) is 17.8 Å². The summed E-state index contributed by atoms with van der Waals surface area (Å²) in [7, 11) is 1.63. The van der Waals surface area contributed by atoms with Crippen molar-refractivity contribution in [2.45, 2.75) is 24.7 Å². The van der Waals surface area contributed by atoms with Gasteiger partial charge in [-0.05, 0) is 11.6 Å². The van der Waals surface area contributed by atoms with Crippen LogP contribution in [0.25, 0.3) is 0 Å². The Hall–Kier alpha value is -2.64. The van der Waals surface area contributed by atoms with Gasteiger partial charge >= 0.3 is 6.09 Å². The number of amides is 1. The summed E-state index contributed by atoms with van der Waals surface area (Å²) in [4.78, 5) is 23.6. The molecule has 5 rings (SSSR count). The molecule has 3 fully saturated rings. The van der Waals surface area contributed by atoms with Gasteiger partial charge in [0, 0.05) is 51.9 Å². The van der Waals surface area contributed by atoms with Crippen LogP contribution in [-0.4, -0.2) is 77.3 Å². The van der Waals surface area contributed by atoms with Gasteiger partial charge in [-0.3, -0.25) is 14.7 Å². The molecule has 4 heterocycles. The monoisotopic (exact) mass is 394 g/mol. The van der Waals surface area contributed by atoms with Gasteiger partial charge in [-0.2, -0.15) is 0 Å². The van der Waals surface area contributed by atoms with E-state index in [0.717, 1.165) is 51.5 Å². The first-order valence-corrected chi connectivity index (χ1v) is 10.1. The zero-order valence-electron chi connectivity index (χ0n) is 16.7. The molecule has 152 valence electrons. The highest BCUT2D eigenvalue weighted by Gasteiger charge is 2.61. The maximum atomic E-state index is 12.5. The van der Waals surface area contributed by atoms with Crippen molar-refractivity contribution in [1.29, 1.82) is 0 Å². The maximum absolute atomic E-state index is 12.5. The van der Waals surface area contributed by atoms with Crippen LogP contribution in [0.3, 0.4) is 0 Å². The molecule has 0 bridgehead atoms. The lowest BCUT2D eigenvalue weighted by molar-refractivity contribution is -0.107. The molecule has 1 aromatic heterocycles. The van der Waals surface area contributed by atoms with Gasteiger partial charge in [-0.25, -0.2) is 9.78 Å². The molecule has 3 aliphatic heterocycles. The molecular weight excluding hydrogens is 368 g/mol. The second kappa shape index (κ2) is 7.31. The topological polar surface area (TPSA) is 58.1 Å². The summed E-state index contributed by atoms with van der Waals surface area (Å²) in [6.07, 6.45) is -0.159. The molecule has 0 saturated carbocycles. The zero-order chi connectivity index (χ0) is 19.8. The Morgan fingerprint density at radius 3 is 2.69 bits per heavy atom. The molecule has 0 aliphatic carbocycles. The zero-order valence-corrected chi connectivity index (χ0v) is 16.7. The number of hydrogen-bond donors (Lipinski definition) is 0. The summed E-state index contributed by atoms with van der Waals surface area (Å²) in [5, 5.41) is 0. The highest BCUT2D eigenvalue weighted by Crippen LogP contribution is 2.40. The predicted octanol–water partition coefficient (Wildman–Crippen LogP) is 1.98. The summed E-state index contributed by atoms with van der Waals surface area (Å²) >= 11 is 0. The van der Waals surface area contributed by atoms with Crippen LogP contribution in [0.4, 0.5) is 4.79 Å². The first-order chi connectivity index (χ1) is 14.1. The molecule has 1 aromatic carbocycles. The molecule has 1 atom stereocenters. The molecule has 1 unspecified atom stereocenters. The number of likely N-dealkylation sites (tertiary alicyclic amines) is 1. The minimum atomic E-state index is -0.398. The van der Waals surface area contributed by atoms with Gasteiger partial charge < -0.3 is 9.47 Å². The summed E-state index contributed by atoms with van der Waals surface area (Å²) < 4.78 is 11.1. The van der Waals surface area contributed by atoms with Crippen molar-refractivity contribution >= 4 is 6.09 Å². The minimum Gasteiger partial charge on any atom is -0.481 e. The fourth-order valence-electron chi connectivity index (χ4n) is 4.78. The summed E-state index contributed by atoms with van der Waals surface area (Å²) in [6, 6.07) is 16.4. The Labute approximate surface area is 170 Å². The quantitative estimate of drug-likeness (QED) is 0.773. The Balaban J connectivity index is 1.24. The normalized spacial score (nSPS) is 23.6. The SMILES string of the molecule is COc1cccc(CN2CC3(C2)OC(=O)N2CCN(Cc4ccccc4)CC23)n1. The average Bonchev–Trinajstić information content (AvgIpc) is 3.01. The Morgan fingerprint density at radius 2 is 1.90 bits per heavy atom. The van der Waals surface area contributed by atoms with E-state index in [0.29, 0.717) is 5.88 Å². The number of hydrogen-bond acceptors (Lipinski definition) is 6. The molecule has 3 saturated heterocycles. The summed E-state index contributed by atoms with van der Waals surface area (Å²) in [6.45, 7) is 5.61. The average molecular weight is 394 g/mol. The molecule has 0 radical (unpaired) electrons. The van der Waals surface area contributed by atoms with Gasteiger partial charge in [0.2, 0.25) is 5.88 Å². The van der Waals surface area contributed by atoms with Crippen molar-refractivity contribution < 1.29 is 14.3 Å². The second-order valence-corrected chi connectivity index (χ2v) is 8.18. The summed E-state index contributed by atoms with van der Waals surface area (Å²) in [5.74, 6) is 0.625. The smallest absolute Gasteiger partial charge is 0.410 e. The molecule has 2 aromatic rings. The fourth-order valence-corrected chi connectivity index (χ4v) is 4.78. The number of aromatic nitrogens is 1. The molecule has 29 heavy (non-hydrogen) atoms. The number of methoxy groups -OCH3 is 1. The third kappa shape index (κ3) is 3.45. The van der Waals surface area contributed by atoms with Gasteiger partial charge in [-0.1, -0.05) is 36.4 Å². The minimum absolute atomic E-state index is 0.113. The van der Waals surface area contributed by atoms with E-state index in [1.807, 2.05) is 29.2 Å². The largest absolute Gasteiger partial charge is 0.481 e. The highest BCUT2D eigenvalue weighted by atomic mass is 16.6. The predicted molar refractivity (Wildman–Crippen MR) is 107 cm³/mol. The molecule has 7 nitrogen and oxygen atoms in total. The van der Waals surface area contributed by atoms with E-state index in [4.69, 9.17) is 9.47 Å². The molecule has 0 N–H and O–H groups in total. The van der Waals surface area contributed by atoms with E-state index >= 15 is 0 Å². The number of piperazine rings is 1. The fraction of sp³-hybridized carbons (Fsp3) is 0.455. The molecular formula is C22H26N4O3. The van der Waals surface area contributed by atoms with Crippen molar-refractivity contribution in [2.24, 2.45) is 0 Å². The number of ether oxygens (including phenoxy) is 2. The number of fused-ring (bicyclic) bond motifs is 2. The van der Waals surface area contributed by atoms with Crippen molar-refractivity contribution in [3.05, 3.63) is 59.8 Å². The lowest BCUT2D eigenvalue weighted by atomic mass is 9.84. The van der Waals surface area contributed by atoms with E-state index in [2.05, 4.69) is 39.0 Å². The van der Waals surface area contributed by atoms with Crippen molar-refractivity contribution in [1.82, 2.24) is 19.7 Å². The number of nitrogens with zero attached hydrogens (tertiary/aromatic N) is 4. The first kappa shape index (κ1) is 18.4. The number of carbonyl (C=O) groups is 1. The van der Waals surface area contributed by atoms with Gasteiger partial charge in [-0.15, -0.1) is 0 Å². The van der Waals surface area contributed by atoms with Crippen LogP contribution in [0, 0.1) is 0 Å². The Bertz CT molecular complexity index is 885. The lowest BCUT2D eigenvalue weighted by Gasteiger charge is -2.51. The van der Waals surface area contributed by atoms with Crippen molar-refractivity contribution in [2.75, 3.05) is 39.8 Å². The van der Waals surface area contributed by atoms with Crippen molar-refractivity contribution in [3.63, 3.8) is 0 Å². The summed E-state index contributed by atoms with van der Waals surface area (Å²) in [5.41, 5.74) is 1.87. The van der Waals surface area contributed by atoms with Crippen LogP contribution in [0.2, 0.25) is 0 Å². The maximum Gasteiger partial charge on any atom is 0.410 e. The van der Waals surface area contributed by atoms with E-state index in [1.165, 1.54) is 5.56 Å². The Morgan fingerprint density at radius 1 is 1.07 bits per heavy atom. The number of rotatable bonds is 5. The third-order valence-electron chi connectivity index (χ3n) is 6.20. The molecule has 1 spiro atoms. The van der Waals surface area contributed by atoms with E-state index < -0.39 is 5.60 Å². The van der Waals surface area contributed by atoms with Gasteiger partial charge in [0.1, 0.15) is 0 Å². The highest BCUT2D eigenvalue weighted by molar-refractivity contribution is 5.72. The first-order valence-electron chi connectivity index (χ1n) is 10.1. The van der Waals surface area contributed by atoms with Crippen LogP contribution in [0.15, 0.2) is 48.5 Å². The molecule has 3 aliphatic rings. The Kier molecular flexibility index (Phi) is 4.64. The molecule has 7 heteroatoms. The molecule has 1 amide bonds. The standard InChI is InChI=1S/C22H26N4O3/c1-28-20-9-5-8-18(23-20)13-25-15-22(16-25)19-14-24(10-11-26(19)21(27)29-22)12-17-6-3-2-4-7-17/h2-9,19H,10-16H2,1H3. The van der Waals surface area contributed by atoms with E-state index in [9.17, 15) is 4.79 Å². The van der Waals surface area contributed by atoms with Crippen molar-refractivity contribution in [3.8, 4) is 5.88 Å². The second-order valence-electron chi connectivity index (χ2n) is 8.18. The lowest BCUT2D eigenvalue weighted by Crippen LogP contribution is -2.70. The van der Waals surface area contributed by atoms with Gasteiger partial charge in [0.15, 0.2) is 5.60 Å². The number of benzene rings is 1. The van der Waals surface area contributed by atoms with E-state index in [1.54, 1.807) is 7.11 Å². The van der Waals surface area contributed by atoms with Crippen LogP contribution < -0.4 is 4.74 Å².